The van der Waals surface area contributed by atoms with Crippen LogP contribution in [0, 0.1) is 5.82 Å². The summed E-state index contributed by atoms with van der Waals surface area (Å²) in [4.78, 5) is 12.4. The minimum Gasteiger partial charge on any atom is -0.478 e. The minimum absolute atomic E-state index is 0.256. The molecule has 1 aromatic carbocycles. The standard InChI is InChI=1S/C13H16FNO2/c1-10(6-13(16)17)8-15(2)9-11-4-3-5-12(14)7-11/h3-7H,8-9H2,1-2H3,(H,16,17). The summed E-state index contributed by atoms with van der Waals surface area (Å²) < 4.78 is 12.9. The van der Waals surface area contributed by atoms with Gasteiger partial charge < -0.3 is 5.11 Å². The normalized spacial score (nSPS) is 11.9. The Bertz CT molecular complexity index is 429. The molecule has 0 aromatic heterocycles. The molecule has 0 aliphatic heterocycles. The van der Waals surface area contributed by atoms with Crippen LogP contribution < -0.4 is 0 Å². The van der Waals surface area contributed by atoms with Crippen molar-refractivity contribution >= 4 is 5.97 Å². The highest BCUT2D eigenvalue weighted by Crippen LogP contribution is 2.07. The SMILES string of the molecule is CC(=CC(=O)O)CN(C)Cc1cccc(F)c1. The van der Waals surface area contributed by atoms with Gasteiger partial charge in [0.1, 0.15) is 5.82 Å². The number of likely N-dealkylation sites (N-methyl/N-ethyl adjacent to an activating group) is 1. The molecule has 0 saturated carbocycles. The zero-order valence-electron chi connectivity index (χ0n) is 9.98. The quantitative estimate of drug-likeness (QED) is 0.799. The fourth-order valence-electron chi connectivity index (χ4n) is 1.69. The van der Waals surface area contributed by atoms with E-state index in [1.54, 1.807) is 13.0 Å². The number of benzene rings is 1. The Balaban J connectivity index is 2.55. The minimum atomic E-state index is -0.943. The molecular formula is C13H16FNO2. The van der Waals surface area contributed by atoms with Gasteiger partial charge in [-0.25, -0.2) is 9.18 Å². The van der Waals surface area contributed by atoms with Gasteiger partial charge in [-0.2, -0.15) is 0 Å². The number of halogens is 1. The van der Waals surface area contributed by atoms with Crippen molar-refractivity contribution in [3.05, 3.63) is 47.3 Å². The maximum Gasteiger partial charge on any atom is 0.328 e. The molecule has 0 bridgehead atoms. The zero-order chi connectivity index (χ0) is 12.8. The van der Waals surface area contributed by atoms with Crippen molar-refractivity contribution in [2.24, 2.45) is 0 Å². The van der Waals surface area contributed by atoms with Crippen LogP contribution in [0.2, 0.25) is 0 Å². The molecule has 4 heteroatoms. The Hall–Kier alpha value is -1.68. The highest BCUT2D eigenvalue weighted by atomic mass is 19.1. The Labute approximate surface area is 100 Å². The monoisotopic (exact) mass is 237 g/mol. The highest BCUT2D eigenvalue weighted by Gasteiger charge is 2.03. The fraction of sp³-hybridized carbons (Fsp3) is 0.308. The maximum absolute atomic E-state index is 12.9. The van der Waals surface area contributed by atoms with Gasteiger partial charge in [0.05, 0.1) is 0 Å². The van der Waals surface area contributed by atoms with Crippen LogP contribution in [0.5, 0.6) is 0 Å². The van der Waals surface area contributed by atoms with Gasteiger partial charge in [0, 0.05) is 19.2 Å². The molecule has 0 aliphatic carbocycles. The molecular weight excluding hydrogens is 221 g/mol. The largest absolute Gasteiger partial charge is 0.478 e. The van der Waals surface area contributed by atoms with E-state index in [1.807, 2.05) is 18.0 Å². The van der Waals surface area contributed by atoms with E-state index in [1.165, 1.54) is 18.2 Å². The predicted octanol–water partition coefficient (Wildman–Crippen LogP) is 2.29. The second-order valence-corrected chi connectivity index (χ2v) is 4.13. The van der Waals surface area contributed by atoms with E-state index >= 15 is 0 Å². The molecule has 92 valence electrons. The van der Waals surface area contributed by atoms with Crippen LogP contribution in [-0.4, -0.2) is 29.6 Å². The lowest BCUT2D eigenvalue weighted by atomic mass is 10.2. The van der Waals surface area contributed by atoms with Gasteiger partial charge in [0.15, 0.2) is 0 Å². The van der Waals surface area contributed by atoms with E-state index in [-0.39, 0.29) is 5.82 Å². The predicted molar refractivity (Wildman–Crippen MR) is 64.1 cm³/mol. The van der Waals surface area contributed by atoms with Gasteiger partial charge >= 0.3 is 5.97 Å². The van der Waals surface area contributed by atoms with Crippen molar-refractivity contribution in [1.29, 1.82) is 0 Å². The third-order valence-corrected chi connectivity index (χ3v) is 2.23. The summed E-state index contributed by atoms with van der Waals surface area (Å²) in [5.41, 5.74) is 1.63. The lowest BCUT2D eigenvalue weighted by molar-refractivity contribution is -0.131. The van der Waals surface area contributed by atoms with Crippen molar-refractivity contribution in [3.8, 4) is 0 Å². The Morgan fingerprint density at radius 1 is 1.53 bits per heavy atom. The fourth-order valence-corrected chi connectivity index (χ4v) is 1.69. The van der Waals surface area contributed by atoms with Crippen LogP contribution in [0.15, 0.2) is 35.9 Å². The summed E-state index contributed by atoms with van der Waals surface area (Å²) in [6, 6.07) is 6.39. The number of aliphatic carboxylic acids is 1. The third-order valence-electron chi connectivity index (χ3n) is 2.23. The summed E-state index contributed by atoms with van der Waals surface area (Å²) >= 11 is 0. The van der Waals surface area contributed by atoms with E-state index in [4.69, 9.17) is 5.11 Å². The molecule has 1 aromatic rings. The van der Waals surface area contributed by atoms with Crippen molar-refractivity contribution in [2.75, 3.05) is 13.6 Å². The molecule has 0 aliphatic rings. The number of nitrogens with zero attached hydrogens (tertiary/aromatic N) is 1. The number of rotatable bonds is 5. The smallest absolute Gasteiger partial charge is 0.328 e. The van der Waals surface area contributed by atoms with Crippen molar-refractivity contribution in [3.63, 3.8) is 0 Å². The molecule has 0 atom stereocenters. The molecule has 0 unspecified atom stereocenters. The van der Waals surface area contributed by atoms with E-state index in [9.17, 15) is 9.18 Å². The molecule has 0 amide bonds. The van der Waals surface area contributed by atoms with Crippen LogP contribution in [0.3, 0.4) is 0 Å². The lowest BCUT2D eigenvalue weighted by Gasteiger charge is -2.16. The summed E-state index contributed by atoms with van der Waals surface area (Å²) in [5.74, 6) is -1.20. The third kappa shape index (κ3) is 5.26. The van der Waals surface area contributed by atoms with Gasteiger partial charge in [0.25, 0.3) is 0 Å². The van der Waals surface area contributed by atoms with Crippen LogP contribution in [-0.2, 0) is 11.3 Å². The molecule has 0 saturated heterocycles. The zero-order valence-corrected chi connectivity index (χ0v) is 9.98. The van der Waals surface area contributed by atoms with E-state index in [2.05, 4.69) is 0 Å². The first-order valence-electron chi connectivity index (χ1n) is 5.30. The number of carbonyl (C=O) groups is 1. The van der Waals surface area contributed by atoms with Crippen molar-refractivity contribution < 1.29 is 14.3 Å². The topological polar surface area (TPSA) is 40.5 Å². The number of carboxylic acids is 1. The first-order chi connectivity index (χ1) is 7.97. The van der Waals surface area contributed by atoms with Gasteiger partial charge in [-0.15, -0.1) is 0 Å². The first kappa shape index (κ1) is 13.4. The van der Waals surface area contributed by atoms with Crippen LogP contribution in [0.1, 0.15) is 12.5 Å². The van der Waals surface area contributed by atoms with Gasteiger partial charge in [-0.3, -0.25) is 4.90 Å². The molecule has 1 N–H and O–H groups in total. The summed E-state index contributed by atoms with van der Waals surface area (Å²) in [6.07, 6.45) is 1.18. The van der Waals surface area contributed by atoms with Crippen molar-refractivity contribution in [2.45, 2.75) is 13.5 Å². The summed E-state index contributed by atoms with van der Waals surface area (Å²) in [5, 5.41) is 8.58. The first-order valence-corrected chi connectivity index (χ1v) is 5.30. The Morgan fingerprint density at radius 2 is 2.24 bits per heavy atom. The molecule has 1 rings (SSSR count). The molecule has 0 radical (unpaired) electrons. The molecule has 3 nitrogen and oxygen atoms in total. The number of carboxylic acid groups (broad SMARTS) is 1. The maximum atomic E-state index is 12.9. The van der Waals surface area contributed by atoms with E-state index < -0.39 is 5.97 Å². The molecule has 0 spiro atoms. The summed E-state index contributed by atoms with van der Waals surface area (Å²) in [6.45, 7) is 2.89. The van der Waals surface area contributed by atoms with E-state index in [0.717, 1.165) is 11.1 Å². The molecule has 17 heavy (non-hydrogen) atoms. The summed E-state index contributed by atoms with van der Waals surface area (Å²) in [7, 11) is 1.87. The van der Waals surface area contributed by atoms with Gasteiger partial charge in [0.2, 0.25) is 0 Å². The van der Waals surface area contributed by atoms with Gasteiger partial charge in [-0.1, -0.05) is 17.7 Å². The second kappa shape index (κ2) is 6.15. The molecule has 0 fully saturated rings. The average molecular weight is 237 g/mol. The second-order valence-electron chi connectivity index (χ2n) is 4.13. The number of hydrogen-bond donors (Lipinski definition) is 1. The van der Waals surface area contributed by atoms with Crippen LogP contribution in [0.25, 0.3) is 0 Å². The lowest BCUT2D eigenvalue weighted by Crippen LogP contribution is -2.20. The average Bonchev–Trinajstić information content (AvgIpc) is 2.14. The Morgan fingerprint density at radius 3 is 2.82 bits per heavy atom. The Kier molecular flexibility index (Phi) is 4.84. The molecule has 0 heterocycles. The number of hydrogen-bond acceptors (Lipinski definition) is 2. The van der Waals surface area contributed by atoms with Crippen LogP contribution in [0.4, 0.5) is 4.39 Å². The van der Waals surface area contributed by atoms with Crippen molar-refractivity contribution in [1.82, 2.24) is 4.90 Å². The van der Waals surface area contributed by atoms with E-state index in [0.29, 0.717) is 13.1 Å². The highest BCUT2D eigenvalue weighted by molar-refractivity contribution is 5.80. The van der Waals surface area contributed by atoms with Gasteiger partial charge in [-0.05, 0) is 31.7 Å². The van der Waals surface area contributed by atoms with Crippen LogP contribution >= 0.6 is 0 Å².